The molecule has 6 nitrogen and oxygen atoms in total. The van der Waals surface area contributed by atoms with Crippen molar-refractivity contribution in [1.29, 1.82) is 0 Å². The number of hydrogen-bond donors (Lipinski definition) is 1. The number of nitrogens with zero attached hydrogens (tertiary/aromatic N) is 2. The first-order chi connectivity index (χ1) is 10.5. The maximum absolute atomic E-state index is 12.0. The Hall–Kier alpha value is -1.85. The zero-order valence-corrected chi connectivity index (χ0v) is 13.6. The zero-order valence-electron chi connectivity index (χ0n) is 13.6. The molecule has 0 spiro atoms. The van der Waals surface area contributed by atoms with Crippen LogP contribution in [0.25, 0.3) is 0 Å². The van der Waals surface area contributed by atoms with E-state index in [-0.39, 0.29) is 5.91 Å². The number of carbonyl (C=O) groups is 2. The highest BCUT2D eigenvalue weighted by atomic mass is 16.5. The van der Waals surface area contributed by atoms with Crippen molar-refractivity contribution in [3.8, 4) is 0 Å². The van der Waals surface area contributed by atoms with Crippen molar-refractivity contribution in [2.45, 2.75) is 52.1 Å². The quantitative estimate of drug-likeness (QED) is 0.844. The molecule has 1 aliphatic rings. The lowest BCUT2D eigenvalue weighted by atomic mass is 9.89. The van der Waals surface area contributed by atoms with Crippen LogP contribution < -0.4 is 5.32 Å². The van der Waals surface area contributed by atoms with Crippen LogP contribution in [-0.4, -0.2) is 34.3 Å². The van der Waals surface area contributed by atoms with Crippen molar-refractivity contribution in [2.75, 3.05) is 6.54 Å². The summed E-state index contributed by atoms with van der Waals surface area (Å²) in [6.07, 6.45) is 6.78. The summed E-state index contributed by atoms with van der Waals surface area (Å²) in [5.41, 5.74) is 1.12. The maximum atomic E-state index is 12.0. The van der Waals surface area contributed by atoms with Gasteiger partial charge in [0.2, 0.25) is 0 Å². The number of ether oxygens (including phenoxy) is 1. The second kappa shape index (κ2) is 7.42. The third kappa shape index (κ3) is 4.08. The topological polar surface area (TPSA) is 73.2 Å². The van der Waals surface area contributed by atoms with Crippen LogP contribution in [-0.2, 0) is 16.6 Å². The molecule has 122 valence electrons. The lowest BCUT2D eigenvalue weighted by Gasteiger charge is -2.22. The van der Waals surface area contributed by atoms with Gasteiger partial charge in [-0.1, -0.05) is 19.3 Å². The summed E-state index contributed by atoms with van der Waals surface area (Å²) >= 11 is 0. The van der Waals surface area contributed by atoms with Crippen LogP contribution in [0.5, 0.6) is 0 Å². The molecule has 1 heterocycles. The molecule has 1 N–H and O–H groups in total. The predicted octanol–water partition coefficient (Wildman–Crippen LogP) is 1.97. The molecule has 0 aromatic carbocycles. The van der Waals surface area contributed by atoms with Crippen molar-refractivity contribution < 1.29 is 14.3 Å². The molecule has 1 saturated carbocycles. The smallest absolute Gasteiger partial charge is 0.342 e. The van der Waals surface area contributed by atoms with E-state index in [2.05, 4.69) is 10.4 Å². The van der Waals surface area contributed by atoms with Gasteiger partial charge in [0.25, 0.3) is 5.91 Å². The van der Waals surface area contributed by atoms with Crippen LogP contribution >= 0.6 is 0 Å². The molecule has 22 heavy (non-hydrogen) atoms. The summed E-state index contributed by atoms with van der Waals surface area (Å²) < 4.78 is 6.83. The largest absolute Gasteiger partial charge is 0.449 e. The number of aryl methyl sites for hydroxylation is 1. The average Bonchev–Trinajstić information content (AvgIpc) is 2.85. The molecule has 0 aliphatic heterocycles. The van der Waals surface area contributed by atoms with Crippen LogP contribution in [0.1, 0.15) is 55.1 Å². The van der Waals surface area contributed by atoms with Gasteiger partial charge in [-0.3, -0.25) is 9.48 Å². The van der Waals surface area contributed by atoms with Gasteiger partial charge in [0.05, 0.1) is 6.20 Å². The maximum Gasteiger partial charge on any atom is 0.342 e. The summed E-state index contributed by atoms with van der Waals surface area (Å²) in [6, 6.07) is 0. The predicted molar refractivity (Wildman–Crippen MR) is 82.4 cm³/mol. The molecule has 2 rings (SSSR count). The van der Waals surface area contributed by atoms with Crippen LogP contribution in [0, 0.1) is 12.8 Å². The molecule has 1 atom stereocenters. The summed E-state index contributed by atoms with van der Waals surface area (Å²) in [4.78, 5) is 24.1. The van der Waals surface area contributed by atoms with E-state index in [1.807, 2.05) is 0 Å². The molecule has 0 saturated heterocycles. The number of aromatic nitrogens is 2. The molecule has 1 fully saturated rings. The molecule has 1 amide bonds. The molecule has 1 aromatic heterocycles. The highest BCUT2D eigenvalue weighted by Gasteiger charge is 2.22. The van der Waals surface area contributed by atoms with Gasteiger partial charge in [0.1, 0.15) is 5.56 Å². The van der Waals surface area contributed by atoms with Crippen molar-refractivity contribution in [3.05, 3.63) is 17.5 Å². The second-order valence-corrected chi connectivity index (χ2v) is 6.06. The van der Waals surface area contributed by atoms with E-state index in [0.717, 1.165) is 5.69 Å². The molecular formula is C16H25N3O3. The van der Waals surface area contributed by atoms with Crippen LogP contribution in [0.15, 0.2) is 6.20 Å². The molecule has 0 bridgehead atoms. The summed E-state index contributed by atoms with van der Waals surface area (Å²) in [7, 11) is 1.76. The first-order valence-electron chi connectivity index (χ1n) is 7.96. The van der Waals surface area contributed by atoms with Gasteiger partial charge in [-0.05, 0) is 32.6 Å². The third-order valence-corrected chi connectivity index (χ3v) is 4.40. The van der Waals surface area contributed by atoms with Crippen LogP contribution in [0.4, 0.5) is 0 Å². The number of nitrogens with one attached hydrogen (secondary N) is 1. The number of carbonyl (C=O) groups excluding carboxylic acids is 2. The number of amides is 1. The van der Waals surface area contributed by atoms with Gasteiger partial charge in [-0.2, -0.15) is 5.10 Å². The minimum atomic E-state index is -0.796. The van der Waals surface area contributed by atoms with E-state index in [1.165, 1.54) is 38.3 Å². The Bertz CT molecular complexity index is 533. The number of rotatable bonds is 5. The van der Waals surface area contributed by atoms with Gasteiger partial charge >= 0.3 is 5.97 Å². The fraction of sp³-hybridized carbons (Fsp3) is 0.688. The van der Waals surface area contributed by atoms with Crippen molar-refractivity contribution >= 4 is 11.9 Å². The minimum absolute atomic E-state index is 0.236. The van der Waals surface area contributed by atoms with E-state index in [9.17, 15) is 9.59 Å². The van der Waals surface area contributed by atoms with E-state index in [4.69, 9.17) is 4.74 Å². The van der Waals surface area contributed by atoms with Crippen molar-refractivity contribution in [3.63, 3.8) is 0 Å². The normalized spacial score (nSPS) is 17.0. The number of hydrogen-bond acceptors (Lipinski definition) is 4. The molecule has 1 aliphatic carbocycles. The van der Waals surface area contributed by atoms with E-state index in [1.54, 1.807) is 25.6 Å². The molecule has 6 heteroatoms. The van der Waals surface area contributed by atoms with Gasteiger partial charge in [0, 0.05) is 19.3 Å². The lowest BCUT2D eigenvalue weighted by molar-refractivity contribution is -0.129. The van der Waals surface area contributed by atoms with Crippen LogP contribution in [0.2, 0.25) is 0 Å². The van der Waals surface area contributed by atoms with Gasteiger partial charge in [-0.15, -0.1) is 0 Å². The summed E-state index contributed by atoms with van der Waals surface area (Å²) in [5, 5.41) is 6.89. The Balaban J connectivity index is 1.80. The van der Waals surface area contributed by atoms with Gasteiger partial charge in [0.15, 0.2) is 6.10 Å². The Labute approximate surface area is 131 Å². The summed E-state index contributed by atoms with van der Waals surface area (Å²) in [5.74, 6) is -0.187. The fourth-order valence-corrected chi connectivity index (χ4v) is 2.76. The van der Waals surface area contributed by atoms with E-state index in [0.29, 0.717) is 18.0 Å². The molecule has 0 radical (unpaired) electrons. The Morgan fingerprint density at radius 1 is 1.41 bits per heavy atom. The molecular weight excluding hydrogens is 282 g/mol. The molecule has 1 unspecified atom stereocenters. The van der Waals surface area contributed by atoms with Gasteiger partial charge in [-0.25, -0.2) is 4.79 Å². The Morgan fingerprint density at radius 3 is 2.68 bits per heavy atom. The summed E-state index contributed by atoms with van der Waals surface area (Å²) in [6.45, 7) is 4.06. The van der Waals surface area contributed by atoms with Crippen LogP contribution in [0.3, 0.4) is 0 Å². The number of esters is 1. The zero-order chi connectivity index (χ0) is 16.1. The highest BCUT2D eigenvalue weighted by molar-refractivity contribution is 5.92. The fourth-order valence-electron chi connectivity index (χ4n) is 2.76. The van der Waals surface area contributed by atoms with E-state index >= 15 is 0 Å². The molecule has 1 aromatic rings. The average molecular weight is 307 g/mol. The Morgan fingerprint density at radius 2 is 2.09 bits per heavy atom. The highest BCUT2D eigenvalue weighted by Crippen LogP contribution is 2.22. The first-order valence-corrected chi connectivity index (χ1v) is 7.96. The first kappa shape index (κ1) is 16.5. The minimum Gasteiger partial charge on any atom is -0.449 e. The standard InChI is InChI=1S/C16H25N3O3/c1-11-14(10-18-19(11)3)16(21)22-12(2)15(20)17-9-13-7-5-4-6-8-13/h10,12-13H,4-9H2,1-3H3,(H,17,20). The van der Waals surface area contributed by atoms with E-state index < -0.39 is 12.1 Å². The Kier molecular flexibility index (Phi) is 5.57. The van der Waals surface area contributed by atoms with Crippen molar-refractivity contribution in [1.82, 2.24) is 15.1 Å². The van der Waals surface area contributed by atoms with Gasteiger partial charge < -0.3 is 10.1 Å². The lowest BCUT2D eigenvalue weighted by Crippen LogP contribution is -2.38. The third-order valence-electron chi connectivity index (χ3n) is 4.40. The second-order valence-electron chi connectivity index (χ2n) is 6.06. The SMILES string of the molecule is Cc1c(C(=O)OC(C)C(=O)NCC2CCCCC2)cnn1C. The monoisotopic (exact) mass is 307 g/mol. The van der Waals surface area contributed by atoms with Crippen molar-refractivity contribution in [2.24, 2.45) is 13.0 Å².